The Bertz CT molecular complexity index is 450. The fraction of sp³-hybridized carbons (Fsp3) is 0.538. The zero-order valence-electron chi connectivity index (χ0n) is 11.1. The van der Waals surface area contributed by atoms with E-state index in [1.165, 1.54) is 12.1 Å². The van der Waals surface area contributed by atoms with E-state index in [1.807, 2.05) is 19.0 Å². The van der Waals surface area contributed by atoms with Gasteiger partial charge in [0.1, 0.15) is 11.5 Å². The normalized spacial score (nSPS) is 23.1. The Balaban J connectivity index is 2.11. The number of carbonyl (C=O) groups is 1. The van der Waals surface area contributed by atoms with Crippen molar-refractivity contribution in [2.45, 2.75) is 6.04 Å². The van der Waals surface area contributed by atoms with Gasteiger partial charge in [-0.15, -0.1) is 0 Å². The second-order valence-electron chi connectivity index (χ2n) is 5.05. The third-order valence-corrected chi connectivity index (χ3v) is 3.54. The number of nitrogens with zero attached hydrogens (tertiary/aromatic N) is 3. The van der Waals surface area contributed by atoms with E-state index in [0.717, 1.165) is 6.20 Å². The summed E-state index contributed by atoms with van der Waals surface area (Å²) < 4.78 is 12.8. The minimum atomic E-state index is -0.461. The lowest BCUT2D eigenvalue weighted by molar-refractivity contribution is 0.0773. The Morgan fingerprint density at radius 3 is 2.74 bits per heavy atom. The number of aliphatic hydroxyl groups is 1. The van der Waals surface area contributed by atoms with Gasteiger partial charge in [-0.1, -0.05) is 0 Å². The Morgan fingerprint density at radius 1 is 1.53 bits per heavy atom. The summed E-state index contributed by atoms with van der Waals surface area (Å²) in [4.78, 5) is 19.7. The Labute approximate surface area is 111 Å². The number of carbonyl (C=O) groups excluding carboxylic acids is 1. The van der Waals surface area contributed by atoms with E-state index >= 15 is 0 Å². The second-order valence-corrected chi connectivity index (χ2v) is 5.05. The molecule has 1 aromatic rings. The number of rotatable bonds is 3. The Hall–Kier alpha value is -1.53. The molecule has 0 bridgehead atoms. The van der Waals surface area contributed by atoms with Crippen LogP contribution in [0.3, 0.4) is 0 Å². The molecular formula is C13H18FN3O2. The van der Waals surface area contributed by atoms with Crippen LogP contribution in [0.15, 0.2) is 18.3 Å². The number of aliphatic hydroxyl groups excluding tert-OH is 1. The highest BCUT2D eigenvalue weighted by molar-refractivity contribution is 5.92. The maximum atomic E-state index is 12.8. The molecule has 6 heteroatoms. The van der Waals surface area contributed by atoms with Crippen molar-refractivity contribution < 1.29 is 14.3 Å². The summed E-state index contributed by atoms with van der Waals surface area (Å²) in [5, 5.41) is 9.36. The lowest BCUT2D eigenvalue weighted by Gasteiger charge is -2.23. The molecule has 1 amide bonds. The van der Waals surface area contributed by atoms with Gasteiger partial charge in [-0.25, -0.2) is 9.37 Å². The lowest BCUT2D eigenvalue weighted by Crippen LogP contribution is -2.37. The highest BCUT2D eigenvalue weighted by atomic mass is 19.1. The molecule has 5 nitrogen and oxygen atoms in total. The third kappa shape index (κ3) is 2.90. The number of aromatic nitrogens is 1. The summed E-state index contributed by atoms with van der Waals surface area (Å²) in [5.41, 5.74) is 0.234. The lowest BCUT2D eigenvalue weighted by atomic mass is 10.0. The predicted octanol–water partition coefficient (Wildman–Crippen LogP) is 0.215. The molecule has 2 rings (SSSR count). The zero-order chi connectivity index (χ0) is 14.0. The van der Waals surface area contributed by atoms with E-state index in [-0.39, 0.29) is 30.2 Å². The SMILES string of the molecule is CN(C)[C@@H]1CN(C(=O)c2ccc(F)cn2)C[C@H]1CO. The van der Waals surface area contributed by atoms with Crippen LogP contribution >= 0.6 is 0 Å². The molecule has 19 heavy (non-hydrogen) atoms. The van der Waals surface area contributed by atoms with Gasteiger partial charge in [0.25, 0.3) is 5.91 Å². The molecule has 104 valence electrons. The number of likely N-dealkylation sites (N-methyl/N-ethyl adjacent to an activating group) is 1. The monoisotopic (exact) mass is 267 g/mol. The van der Waals surface area contributed by atoms with Crippen molar-refractivity contribution in [3.8, 4) is 0 Å². The summed E-state index contributed by atoms with van der Waals surface area (Å²) in [6.07, 6.45) is 1.04. The first-order valence-electron chi connectivity index (χ1n) is 6.21. The van der Waals surface area contributed by atoms with Gasteiger partial charge in [0.15, 0.2) is 0 Å². The van der Waals surface area contributed by atoms with Gasteiger partial charge < -0.3 is 14.9 Å². The molecule has 0 aromatic carbocycles. The summed E-state index contributed by atoms with van der Waals surface area (Å²) >= 11 is 0. The first kappa shape index (κ1) is 13.9. The topological polar surface area (TPSA) is 56.7 Å². The van der Waals surface area contributed by atoms with Crippen LogP contribution < -0.4 is 0 Å². The van der Waals surface area contributed by atoms with Crippen LogP contribution in [-0.2, 0) is 0 Å². The molecule has 1 aliphatic rings. The minimum absolute atomic E-state index is 0.0411. The molecule has 1 aliphatic heterocycles. The fourth-order valence-electron chi connectivity index (χ4n) is 2.45. The summed E-state index contributed by atoms with van der Waals surface area (Å²) in [6, 6.07) is 2.74. The number of halogens is 1. The summed E-state index contributed by atoms with van der Waals surface area (Å²) in [5.74, 6) is -0.639. The quantitative estimate of drug-likeness (QED) is 0.851. The van der Waals surface area contributed by atoms with Crippen molar-refractivity contribution in [3.63, 3.8) is 0 Å². The number of hydrogen-bond donors (Lipinski definition) is 1. The first-order chi connectivity index (χ1) is 9.02. The average molecular weight is 267 g/mol. The van der Waals surface area contributed by atoms with Crippen molar-refractivity contribution in [2.24, 2.45) is 5.92 Å². The minimum Gasteiger partial charge on any atom is -0.396 e. The molecule has 2 atom stereocenters. The molecule has 1 N–H and O–H groups in total. The van der Waals surface area contributed by atoms with E-state index in [4.69, 9.17) is 0 Å². The van der Waals surface area contributed by atoms with E-state index < -0.39 is 5.82 Å². The summed E-state index contributed by atoms with van der Waals surface area (Å²) in [6.45, 7) is 1.09. The van der Waals surface area contributed by atoms with Crippen molar-refractivity contribution in [3.05, 3.63) is 29.8 Å². The first-order valence-corrected chi connectivity index (χ1v) is 6.21. The standard InChI is InChI=1S/C13H18FN3O2/c1-16(2)12-7-17(6-9(12)8-18)13(19)11-4-3-10(14)5-15-11/h3-5,9,12,18H,6-8H2,1-2H3/t9-,12+/m0/s1. The molecule has 0 radical (unpaired) electrons. The number of pyridine rings is 1. The predicted molar refractivity (Wildman–Crippen MR) is 68.1 cm³/mol. The van der Waals surface area contributed by atoms with Gasteiger partial charge in [-0.3, -0.25) is 4.79 Å². The van der Waals surface area contributed by atoms with Gasteiger partial charge in [0.2, 0.25) is 0 Å². The van der Waals surface area contributed by atoms with Crippen LogP contribution in [0.1, 0.15) is 10.5 Å². The highest BCUT2D eigenvalue weighted by Crippen LogP contribution is 2.21. The maximum absolute atomic E-state index is 12.8. The number of hydrogen-bond acceptors (Lipinski definition) is 4. The van der Waals surface area contributed by atoms with Crippen LogP contribution in [0.4, 0.5) is 4.39 Å². The Morgan fingerprint density at radius 2 is 2.26 bits per heavy atom. The van der Waals surface area contributed by atoms with Crippen LogP contribution in [0.2, 0.25) is 0 Å². The van der Waals surface area contributed by atoms with Crippen molar-refractivity contribution >= 4 is 5.91 Å². The van der Waals surface area contributed by atoms with E-state index in [9.17, 15) is 14.3 Å². The van der Waals surface area contributed by atoms with E-state index in [0.29, 0.717) is 13.1 Å². The van der Waals surface area contributed by atoms with Crippen LogP contribution in [0.5, 0.6) is 0 Å². The molecule has 1 saturated heterocycles. The maximum Gasteiger partial charge on any atom is 0.272 e. The van der Waals surface area contributed by atoms with Gasteiger partial charge in [-0.2, -0.15) is 0 Å². The van der Waals surface area contributed by atoms with Crippen molar-refractivity contribution in [1.82, 2.24) is 14.8 Å². The van der Waals surface area contributed by atoms with Crippen molar-refractivity contribution in [1.29, 1.82) is 0 Å². The molecule has 0 unspecified atom stereocenters. The second kappa shape index (κ2) is 5.63. The van der Waals surface area contributed by atoms with Gasteiger partial charge in [0, 0.05) is 31.7 Å². The fourth-order valence-corrected chi connectivity index (χ4v) is 2.45. The Kier molecular flexibility index (Phi) is 4.11. The largest absolute Gasteiger partial charge is 0.396 e. The molecule has 0 spiro atoms. The average Bonchev–Trinajstić information content (AvgIpc) is 2.83. The van der Waals surface area contributed by atoms with E-state index in [2.05, 4.69) is 4.98 Å². The van der Waals surface area contributed by atoms with Gasteiger partial charge in [-0.05, 0) is 26.2 Å². The highest BCUT2D eigenvalue weighted by Gasteiger charge is 2.36. The van der Waals surface area contributed by atoms with E-state index in [1.54, 1.807) is 4.90 Å². The molecule has 2 heterocycles. The van der Waals surface area contributed by atoms with Gasteiger partial charge in [0.05, 0.1) is 6.20 Å². The molecule has 0 saturated carbocycles. The number of likely N-dealkylation sites (tertiary alicyclic amines) is 1. The third-order valence-electron chi connectivity index (χ3n) is 3.54. The van der Waals surface area contributed by atoms with Gasteiger partial charge >= 0.3 is 0 Å². The number of amides is 1. The molecular weight excluding hydrogens is 249 g/mol. The smallest absolute Gasteiger partial charge is 0.272 e. The van der Waals surface area contributed by atoms with Crippen molar-refractivity contribution in [2.75, 3.05) is 33.8 Å². The summed E-state index contributed by atoms with van der Waals surface area (Å²) in [7, 11) is 3.86. The van der Waals surface area contributed by atoms with Crippen LogP contribution in [0, 0.1) is 11.7 Å². The van der Waals surface area contributed by atoms with Crippen LogP contribution in [0.25, 0.3) is 0 Å². The zero-order valence-corrected chi connectivity index (χ0v) is 11.1. The molecule has 1 aromatic heterocycles. The molecule has 0 aliphatic carbocycles. The molecule has 1 fully saturated rings. The van der Waals surface area contributed by atoms with Crippen LogP contribution in [-0.4, -0.2) is 65.6 Å².